The van der Waals surface area contributed by atoms with E-state index < -0.39 is 0 Å². The Morgan fingerprint density at radius 3 is 2.25 bits per heavy atom. The van der Waals surface area contributed by atoms with Crippen LogP contribution in [0.1, 0.15) is 35.8 Å². The van der Waals surface area contributed by atoms with E-state index >= 15 is 0 Å². The minimum atomic E-state index is 0.0815. The van der Waals surface area contributed by atoms with Crippen LogP contribution < -0.4 is 5.32 Å². The number of ketones is 1. The molecular formula is C20H25ClN2O. The van der Waals surface area contributed by atoms with Gasteiger partial charge in [-0.1, -0.05) is 55.8 Å². The van der Waals surface area contributed by atoms with Crippen LogP contribution in [0.4, 0.5) is 0 Å². The van der Waals surface area contributed by atoms with Crippen LogP contribution in [0.15, 0.2) is 54.6 Å². The minimum Gasteiger partial charge on any atom is -0.308 e. The molecule has 0 saturated carbocycles. The highest BCUT2D eigenvalue weighted by Crippen LogP contribution is 2.19. The van der Waals surface area contributed by atoms with Crippen molar-refractivity contribution in [2.75, 3.05) is 26.2 Å². The molecule has 2 aromatic rings. The minimum absolute atomic E-state index is 0.0815. The summed E-state index contributed by atoms with van der Waals surface area (Å²) >= 11 is 5.86. The van der Waals surface area contributed by atoms with E-state index in [4.69, 9.17) is 11.6 Å². The van der Waals surface area contributed by atoms with Gasteiger partial charge in [0.15, 0.2) is 5.78 Å². The fourth-order valence-corrected chi connectivity index (χ4v) is 2.98. The van der Waals surface area contributed by atoms with Gasteiger partial charge in [0.25, 0.3) is 0 Å². The summed E-state index contributed by atoms with van der Waals surface area (Å²) in [4.78, 5) is 14.7. The SMILES string of the molecule is CCN(CC)C(CNCC(=O)c1ccc(Cl)cc1)c1ccccc1. The maximum atomic E-state index is 12.3. The van der Waals surface area contributed by atoms with Crippen LogP contribution in [-0.4, -0.2) is 36.9 Å². The number of hydrogen-bond donors (Lipinski definition) is 1. The topological polar surface area (TPSA) is 32.3 Å². The predicted octanol–water partition coefficient (Wildman–Crippen LogP) is 4.20. The predicted molar refractivity (Wildman–Crippen MR) is 101 cm³/mol. The quantitative estimate of drug-likeness (QED) is 0.692. The van der Waals surface area contributed by atoms with Gasteiger partial charge in [-0.05, 0) is 42.9 Å². The van der Waals surface area contributed by atoms with Crippen LogP contribution in [0.2, 0.25) is 5.02 Å². The van der Waals surface area contributed by atoms with E-state index in [9.17, 15) is 4.79 Å². The molecule has 4 heteroatoms. The molecule has 0 spiro atoms. The fourth-order valence-electron chi connectivity index (χ4n) is 2.86. The standard InChI is InChI=1S/C20H25ClN2O/c1-3-23(4-2)19(16-8-6-5-7-9-16)14-22-15-20(24)17-10-12-18(21)13-11-17/h5-13,19,22H,3-4,14-15H2,1-2H3. The third kappa shape index (κ3) is 5.17. The number of rotatable bonds is 9. The molecule has 0 radical (unpaired) electrons. The lowest BCUT2D eigenvalue weighted by molar-refractivity contribution is 0.0987. The number of nitrogens with zero attached hydrogens (tertiary/aromatic N) is 1. The third-order valence-electron chi connectivity index (χ3n) is 4.23. The first-order valence-electron chi connectivity index (χ1n) is 8.44. The van der Waals surface area contributed by atoms with Gasteiger partial charge in [-0.3, -0.25) is 9.69 Å². The molecule has 1 atom stereocenters. The molecule has 2 rings (SSSR count). The summed E-state index contributed by atoms with van der Waals surface area (Å²) in [6.45, 7) is 7.35. The molecular weight excluding hydrogens is 320 g/mol. The van der Waals surface area contributed by atoms with Gasteiger partial charge in [0.2, 0.25) is 0 Å². The molecule has 128 valence electrons. The van der Waals surface area contributed by atoms with Crippen molar-refractivity contribution in [2.45, 2.75) is 19.9 Å². The number of halogens is 1. The van der Waals surface area contributed by atoms with Crippen molar-refractivity contribution in [1.29, 1.82) is 0 Å². The molecule has 0 heterocycles. The van der Waals surface area contributed by atoms with E-state index in [1.807, 2.05) is 6.07 Å². The molecule has 0 aromatic heterocycles. The summed E-state index contributed by atoms with van der Waals surface area (Å²) in [6.07, 6.45) is 0. The van der Waals surface area contributed by atoms with Crippen molar-refractivity contribution >= 4 is 17.4 Å². The maximum Gasteiger partial charge on any atom is 0.176 e. The zero-order valence-corrected chi connectivity index (χ0v) is 15.1. The Balaban J connectivity index is 1.97. The summed E-state index contributed by atoms with van der Waals surface area (Å²) in [5, 5.41) is 3.97. The first-order valence-corrected chi connectivity index (χ1v) is 8.82. The molecule has 3 nitrogen and oxygen atoms in total. The summed E-state index contributed by atoms with van der Waals surface area (Å²) in [5.41, 5.74) is 1.96. The molecule has 0 bridgehead atoms. The smallest absolute Gasteiger partial charge is 0.176 e. The largest absolute Gasteiger partial charge is 0.308 e. The number of carbonyl (C=O) groups is 1. The van der Waals surface area contributed by atoms with Crippen LogP contribution in [0, 0.1) is 0 Å². The Hall–Kier alpha value is -1.68. The van der Waals surface area contributed by atoms with Crippen molar-refractivity contribution in [2.24, 2.45) is 0 Å². The Bertz CT molecular complexity index is 624. The summed E-state index contributed by atoms with van der Waals surface area (Å²) in [5.74, 6) is 0.0815. The highest BCUT2D eigenvalue weighted by molar-refractivity contribution is 6.30. The van der Waals surface area contributed by atoms with Gasteiger partial charge >= 0.3 is 0 Å². The summed E-state index contributed by atoms with van der Waals surface area (Å²) in [6, 6.07) is 17.7. The lowest BCUT2D eigenvalue weighted by Crippen LogP contribution is -2.37. The molecule has 2 aromatic carbocycles. The first-order chi connectivity index (χ1) is 11.7. The van der Waals surface area contributed by atoms with Crippen molar-refractivity contribution in [3.63, 3.8) is 0 Å². The van der Waals surface area contributed by atoms with Gasteiger partial charge < -0.3 is 5.32 Å². The Morgan fingerprint density at radius 1 is 1.04 bits per heavy atom. The normalized spacial score (nSPS) is 12.3. The van der Waals surface area contributed by atoms with E-state index in [0.29, 0.717) is 17.1 Å². The summed E-state index contributed by atoms with van der Waals surface area (Å²) in [7, 11) is 0. The molecule has 1 unspecified atom stereocenters. The highest BCUT2D eigenvalue weighted by Gasteiger charge is 2.17. The number of likely N-dealkylation sites (N-methyl/N-ethyl adjacent to an activating group) is 1. The summed E-state index contributed by atoms with van der Waals surface area (Å²) < 4.78 is 0. The molecule has 0 aliphatic heterocycles. The Kier molecular flexibility index (Phi) is 7.44. The lowest BCUT2D eigenvalue weighted by atomic mass is 10.0. The first kappa shape index (κ1) is 18.7. The Labute approximate surface area is 149 Å². The monoisotopic (exact) mass is 344 g/mol. The molecule has 1 N–H and O–H groups in total. The van der Waals surface area contributed by atoms with E-state index in [1.165, 1.54) is 5.56 Å². The van der Waals surface area contributed by atoms with Crippen LogP contribution in [0.5, 0.6) is 0 Å². The fraction of sp³-hybridized carbons (Fsp3) is 0.350. The second-order valence-electron chi connectivity index (χ2n) is 5.71. The van der Waals surface area contributed by atoms with Crippen molar-refractivity contribution in [3.05, 3.63) is 70.7 Å². The molecule has 0 aliphatic carbocycles. The number of Topliss-reactive ketones (excluding diaryl/α,β-unsaturated/α-hetero) is 1. The van der Waals surface area contributed by atoms with Gasteiger partial charge in [-0.2, -0.15) is 0 Å². The average Bonchev–Trinajstić information content (AvgIpc) is 2.62. The van der Waals surface area contributed by atoms with E-state index in [2.05, 4.69) is 48.3 Å². The van der Waals surface area contributed by atoms with Crippen molar-refractivity contribution in [1.82, 2.24) is 10.2 Å². The van der Waals surface area contributed by atoms with Crippen molar-refractivity contribution in [3.8, 4) is 0 Å². The second kappa shape index (κ2) is 9.58. The van der Waals surface area contributed by atoms with E-state index in [0.717, 1.165) is 19.6 Å². The second-order valence-corrected chi connectivity index (χ2v) is 6.15. The van der Waals surface area contributed by atoms with Crippen LogP contribution in [0.3, 0.4) is 0 Å². The van der Waals surface area contributed by atoms with Crippen LogP contribution in [0.25, 0.3) is 0 Å². The molecule has 24 heavy (non-hydrogen) atoms. The average molecular weight is 345 g/mol. The van der Waals surface area contributed by atoms with E-state index in [1.54, 1.807) is 24.3 Å². The highest BCUT2D eigenvalue weighted by atomic mass is 35.5. The number of nitrogens with one attached hydrogen (secondary N) is 1. The molecule has 0 amide bonds. The van der Waals surface area contributed by atoms with Crippen molar-refractivity contribution < 1.29 is 4.79 Å². The number of hydrogen-bond acceptors (Lipinski definition) is 3. The zero-order chi connectivity index (χ0) is 17.4. The zero-order valence-electron chi connectivity index (χ0n) is 14.3. The van der Waals surface area contributed by atoms with Crippen LogP contribution in [-0.2, 0) is 0 Å². The van der Waals surface area contributed by atoms with Gasteiger partial charge in [-0.15, -0.1) is 0 Å². The molecule has 0 fully saturated rings. The van der Waals surface area contributed by atoms with E-state index in [-0.39, 0.29) is 11.8 Å². The number of benzene rings is 2. The van der Waals surface area contributed by atoms with Gasteiger partial charge in [0.1, 0.15) is 0 Å². The van der Waals surface area contributed by atoms with Gasteiger partial charge in [0, 0.05) is 23.2 Å². The maximum absolute atomic E-state index is 12.3. The molecule has 0 aliphatic rings. The number of carbonyl (C=O) groups excluding carboxylic acids is 1. The van der Waals surface area contributed by atoms with Gasteiger partial charge in [0.05, 0.1) is 6.54 Å². The van der Waals surface area contributed by atoms with Crippen LogP contribution >= 0.6 is 11.6 Å². The Morgan fingerprint density at radius 2 is 1.67 bits per heavy atom. The van der Waals surface area contributed by atoms with Gasteiger partial charge in [-0.25, -0.2) is 0 Å². The molecule has 0 saturated heterocycles. The third-order valence-corrected chi connectivity index (χ3v) is 4.48. The lowest BCUT2D eigenvalue weighted by Gasteiger charge is -2.30.